The minimum Gasteiger partial charge on any atom is -0.454 e. The third-order valence-corrected chi connectivity index (χ3v) is 5.44. The van der Waals surface area contributed by atoms with Gasteiger partial charge in [0, 0.05) is 17.4 Å². The van der Waals surface area contributed by atoms with Gasteiger partial charge in [-0.05, 0) is 24.3 Å². The van der Waals surface area contributed by atoms with E-state index in [1.54, 1.807) is 0 Å². The van der Waals surface area contributed by atoms with Gasteiger partial charge in [-0.15, -0.1) is 0 Å². The first-order chi connectivity index (χ1) is 9.82. The quantitative estimate of drug-likeness (QED) is 0.424. The molecule has 1 aliphatic heterocycles. The van der Waals surface area contributed by atoms with E-state index in [2.05, 4.69) is 6.58 Å². The Morgan fingerprint density at radius 2 is 2.10 bits per heavy atom. The number of aliphatic hydroxyl groups excluding tert-OH is 1. The summed E-state index contributed by atoms with van der Waals surface area (Å²) in [5, 5.41) is 10.6. The molecule has 5 heteroatoms. The van der Waals surface area contributed by atoms with Gasteiger partial charge in [-0.1, -0.05) is 26.0 Å². The van der Waals surface area contributed by atoms with Crippen LogP contribution in [0.1, 0.15) is 20.3 Å². The van der Waals surface area contributed by atoms with Gasteiger partial charge in [0.25, 0.3) is 0 Å². The third-order valence-electron chi connectivity index (χ3n) is 5.44. The molecule has 2 fully saturated rings. The summed E-state index contributed by atoms with van der Waals surface area (Å²) < 4.78 is 5.34. The first kappa shape index (κ1) is 14.3. The minimum atomic E-state index is -0.536. The van der Waals surface area contributed by atoms with E-state index in [0.717, 1.165) is 5.57 Å². The first-order valence-corrected chi connectivity index (χ1v) is 7.41. The van der Waals surface area contributed by atoms with Crippen LogP contribution in [0.4, 0.5) is 0 Å². The summed E-state index contributed by atoms with van der Waals surface area (Å²) in [6.45, 7) is 7.75. The fourth-order valence-electron chi connectivity index (χ4n) is 4.33. The monoisotopic (exact) mass is 291 g/mol. The van der Waals surface area contributed by atoms with E-state index < -0.39 is 6.10 Å². The van der Waals surface area contributed by atoms with Crippen molar-refractivity contribution < 1.29 is 19.4 Å². The zero-order valence-corrected chi connectivity index (χ0v) is 12.3. The summed E-state index contributed by atoms with van der Waals surface area (Å²) in [5.74, 6) is -1.45. The van der Waals surface area contributed by atoms with E-state index in [1.165, 1.54) is 0 Å². The topological polar surface area (TPSA) is 89.6 Å². The third kappa shape index (κ3) is 1.94. The van der Waals surface area contributed by atoms with E-state index in [1.807, 2.05) is 19.9 Å². The number of rotatable bonds is 1. The molecule has 0 aromatic rings. The van der Waals surface area contributed by atoms with Gasteiger partial charge >= 0.3 is 5.97 Å². The van der Waals surface area contributed by atoms with Gasteiger partial charge in [0.1, 0.15) is 6.10 Å². The number of carbonyl (C=O) groups is 2. The molecule has 0 aromatic heterocycles. The van der Waals surface area contributed by atoms with E-state index >= 15 is 0 Å². The van der Waals surface area contributed by atoms with Crippen molar-refractivity contribution >= 4 is 11.9 Å². The predicted molar refractivity (Wildman–Crippen MR) is 75.7 cm³/mol. The summed E-state index contributed by atoms with van der Waals surface area (Å²) in [6.07, 6.45) is 1.45. The zero-order chi connectivity index (χ0) is 15.5. The molecule has 7 unspecified atom stereocenters. The van der Waals surface area contributed by atoms with Gasteiger partial charge in [-0.3, -0.25) is 4.79 Å². The van der Waals surface area contributed by atoms with Crippen LogP contribution in [0, 0.1) is 29.6 Å². The molecular weight excluding hydrogens is 270 g/mol. The van der Waals surface area contributed by atoms with Crippen molar-refractivity contribution in [3.63, 3.8) is 0 Å². The summed E-state index contributed by atoms with van der Waals surface area (Å²) in [6, 6.07) is 0. The van der Waals surface area contributed by atoms with E-state index in [4.69, 9.17) is 10.5 Å². The van der Waals surface area contributed by atoms with Crippen molar-refractivity contribution in [1.82, 2.24) is 0 Å². The van der Waals surface area contributed by atoms with Crippen molar-refractivity contribution in [1.29, 1.82) is 0 Å². The molecule has 7 atom stereocenters. The molecule has 0 aromatic carbocycles. The zero-order valence-electron chi connectivity index (χ0n) is 12.3. The molecule has 1 saturated heterocycles. The Bertz CT molecular complexity index is 552. The Morgan fingerprint density at radius 1 is 1.43 bits per heavy atom. The second kappa shape index (κ2) is 4.70. The lowest BCUT2D eigenvalue weighted by molar-refractivity contribution is -0.137. The molecule has 2 aliphatic carbocycles. The Hall–Kier alpha value is -1.62. The molecule has 0 radical (unpaired) electrons. The fourth-order valence-corrected chi connectivity index (χ4v) is 4.33. The summed E-state index contributed by atoms with van der Waals surface area (Å²) in [7, 11) is 0. The molecule has 3 aliphatic rings. The Morgan fingerprint density at radius 3 is 2.71 bits per heavy atom. The first-order valence-electron chi connectivity index (χ1n) is 7.41. The van der Waals surface area contributed by atoms with Gasteiger partial charge in [-0.2, -0.15) is 0 Å². The van der Waals surface area contributed by atoms with Crippen LogP contribution in [0.25, 0.3) is 0 Å². The minimum absolute atomic E-state index is 0.00469. The molecule has 3 N–H and O–H groups in total. The van der Waals surface area contributed by atoms with E-state index in [0.29, 0.717) is 12.0 Å². The second-order valence-corrected chi connectivity index (χ2v) is 6.63. The van der Waals surface area contributed by atoms with Crippen LogP contribution in [0.5, 0.6) is 0 Å². The van der Waals surface area contributed by atoms with Gasteiger partial charge in [-0.25, -0.2) is 4.79 Å². The number of aliphatic hydroxyl groups is 1. The highest BCUT2D eigenvalue weighted by Crippen LogP contribution is 2.51. The smallest absolute Gasteiger partial charge is 0.334 e. The highest BCUT2D eigenvalue weighted by Gasteiger charge is 2.53. The number of hydrogen-bond acceptors (Lipinski definition) is 4. The fraction of sp³-hybridized carbons (Fsp3) is 0.625. The Labute approximate surface area is 123 Å². The lowest BCUT2D eigenvalue weighted by atomic mass is 9.59. The SMILES string of the molecule is C=C1C(=O)OC2C=C3C(C(N)=O)CC(C)C(O)C3C(C)C12. The number of fused-ring (bicyclic) bond motifs is 2. The summed E-state index contributed by atoms with van der Waals surface area (Å²) in [4.78, 5) is 23.5. The maximum atomic E-state index is 11.8. The number of nitrogens with two attached hydrogens (primary N) is 1. The largest absolute Gasteiger partial charge is 0.454 e. The van der Waals surface area contributed by atoms with Crippen LogP contribution in [0.3, 0.4) is 0 Å². The number of hydrogen-bond donors (Lipinski definition) is 2. The molecule has 3 rings (SSSR count). The van der Waals surface area contributed by atoms with E-state index in [9.17, 15) is 14.7 Å². The maximum Gasteiger partial charge on any atom is 0.334 e. The van der Waals surface area contributed by atoms with Crippen LogP contribution < -0.4 is 5.73 Å². The van der Waals surface area contributed by atoms with Crippen LogP contribution in [0.2, 0.25) is 0 Å². The van der Waals surface area contributed by atoms with E-state index in [-0.39, 0.29) is 47.6 Å². The number of ether oxygens (including phenoxy) is 1. The molecule has 0 bridgehead atoms. The summed E-state index contributed by atoms with van der Waals surface area (Å²) >= 11 is 0. The van der Waals surface area contributed by atoms with Gasteiger partial charge in [0.05, 0.1) is 12.0 Å². The van der Waals surface area contributed by atoms with Crippen molar-refractivity contribution in [3.8, 4) is 0 Å². The van der Waals surface area contributed by atoms with Crippen molar-refractivity contribution in [2.24, 2.45) is 35.3 Å². The predicted octanol–water partition coefficient (Wildman–Crippen LogP) is 0.779. The Balaban J connectivity index is 2.06. The molecule has 114 valence electrons. The molecule has 5 nitrogen and oxygen atoms in total. The number of esters is 1. The highest BCUT2D eigenvalue weighted by atomic mass is 16.6. The van der Waals surface area contributed by atoms with Crippen molar-refractivity contribution in [3.05, 3.63) is 23.8 Å². The van der Waals surface area contributed by atoms with Gasteiger partial charge < -0.3 is 15.6 Å². The Kier molecular flexibility index (Phi) is 3.20. The van der Waals surface area contributed by atoms with Crippen LogP contribution in [-0.4, -0.2) is 29.2 Å². The molecule has 1 heterocycles. The lowest BCUT2D eigenvalue weighted by Crippen LogP contribution is -2.49. The van der Waals surface area contributed by atoms with Crippen LogP contribution in [0.15, 0.2) is 23.8 Å². The van der Waals surface area contributed by atoms with Crippen molar-refractivity contribution in [2.45, 2.75) is 32.5 Å². The molecular formula is C16H21NO4. The van der Waals surface area contributed by atoms with Crippen molar-refractivity contribution in [2.75, 3.05) is 0 Å². The second-order valence-electron chi connectivity index (χ2n) is 6.63. The standard InChI is InChI=1S/C16H21NO4/c1-6-4-10(15(17)19)9-5-11-12(8(3)16(20)21-11)7(2)13(9)14(6)18/h5-7,10-14,18H,3-4H2,1-2H3,(H2,17,19). The molecule has 21 heavy (non-hydrogen) atoms. The molecule has 1 amide bonds. The lowest BCUT2D eigenvalue weighted by Gasteiger charge is -2.46. The maximum absolute atomic E-state index is 11.8. The highest BCUT2D eigenvalue weighted by molar-refractivity contribution is 5.91. The average Bonchev–Trinajstić information content (AvgIpc) is 2.69. The number of primary amides is 1. The number of carbonyl (C=O) groups excluding carboxylic acids is 2. The van der Waals surface area contributed by atoms with Gasteiger partial charge in [0.15, 0.2) is 0 Å². The van der Waals surface area contributed by atoms with Crippen LogP contribution >= 0.6 is 0 Å². The molecule has 1 saturated carbocycles. The average molecular weight is 291 g/mol. The number of amides is 1. The summed E-state index contributed by atoms with van der Waals surface area (Å²) in [5.41, 5.74) is 6.83. The molecule has 0 spiro atoms. The normalized spacial score (nSPS) is 45.5. The van der Waals surface area contributed by atoms with Crippen LogP contribution in [-0.2, 0) is 14.3 Å². The van der Waals surface area contributed by atoms with Gasteiger partial charge in [0.2, 0.25) is 5.91 Å².